The minimum Gasteiger partial charge on any atom is -0.449 e. The summed E-state index contributed by atoms with van der Waals surface area (Å²) in [5.74, 6) is 0.566. The topological polar surface area (TPSA) is 46.6 Å². The van der Waals surface area contributed by atoms with Crippen molar-refractivity contribution < 1.29 is 14.3 Å². The molecule has 0 atom stereocenters. The summed E-state index contributed by atoms with van der Waals surface area (Å²) in [6.07, 6.45) is 7.09. The van der Waals surface area contributed by atoms with Crippen molar-refractivity contribution in [1.82, 2.24) is 4.90 Å². The standard InChI is InChI=1S/C13H22NO3/c1-2-3-11-17-13(16)14-8-6-12(7-9-14)5-4-10-15/h12H,2-9,11H2,1H3. The fraction of sp³-hybridized carbons (Fsp3) is 0.846. The van der Waals surface area contributed by atoms with E-state index in [-0.39, 0.29) is 6.09 Å². The van der Waals surface area contributed by atoms with Crippen LogP contribution in [0.1, 0.15) is 45.4 Å². The van der Waals surface area contributed by atoms with Gasteiger partial charge < -0.3 is 9.64 Å². The van der Waals surface area contributed by atoms with Crippen molar-refractivity contribution >= 4 is 12.4 Å². The van der Waals surface area contributed by atoms with Gasteiger partial charge in [-0.05, 0) is 31.6 Å². The third-order valence-electron chi connectivity index (χ3n) is 3.25. The highest BCUT2D eigenvalue weighted by atomic mass is 16.6. The van der Waals surface area contributed by atoms with Crippen LogP contribution >= 0.6 is 0 Å². The first-order valence-electron chi connectivity index (χ1n) is 6.54. The fourth-order valence-electron chi connectivity index (χ4n) is 2.06. The highest BCUT2D eigenvalue weighted by Crippen LogP contribution is 2.21. The minimum atomic E-state index is -0.182. The van der Waals surface area contributed by atoms with Crippen LogP contribution < -0.4 is 0 Å². The monoisotopic (exact) mass is 240 g/mol. The van der Waals surface area contributed by atoms with E-state index in [0.717, 1.165) is 45.2 Å². The number of amides is 1. The lowest BCUT2D eigenvalue weighted by Crippen LogP contribution is -2.38. The molecule has 1 aliphatic rings. The van der Waals surface area contributed by atoms with Gasteiger partial charge in [-0.25, -0.2) is 4.79 Å². The van der Waals surface area contributed by atoms with E-state index in [1.807, 2.05) is 6.29 Å². The van der Waals surface area contributed by atoms with Gasteiger partial charge >= 0.3 is 6.09 Å². The Morgan fingerprint density at radius 1 is 1.41 bits per heavy atom. The maximum absolute atomic E-state index is 11.6. The van der Waals surface area contributed by atoms with Gasteiger partial charge in [-0.3, -0.25) is 4.79 Å². The van der Waals surface area contributed by atoms with Crippen molar-refractivity contribution in [2.45, 2.75) is 45.4 Å². The van der Waals surface area contributed by atoms with E-state index in [0.29, 0.717) is 18.9 Å². The highest BCUT2D eigenvalue weighted by Gasteiger charge is 2.23. The molecule has 0 aliphatic carbocycles. The van der Waals surface area contributed by atoms with Gasteiger partial charge in [0.25, 0.3) is 0 Å². The molecule has 0 aromatic rings. The third-order valence-corrected chi connectivity index (χ3v) is 3.25. The van der Waals surface area contributed by atoms with Crippen molar-refractivity contribution in [3.8, 4) is 0 Å². The predicted octanol–water partition coefficient (Wildman–Crippen LogP) is 2.53. The Kier molecular flexibility index (Phi) is 6.67. The number of hydrogen-bond acceptors (Lipinski definition) is 3. The molecular formula is C13H22NO3. The molecule has 97 valence electrons. The van der Waals surface area contributed by atoms with Crippen molar-refractivity contribution in [3.05, 3.63) is 0 Å². The number of rotatable bonds is 6. The molecule has 1 rings (SSSR count). The van der Waals surface area contributed by atoms with Crippen molar-refractivity contribution in [1.29, 1.82) is 0 Å². The van der Waals surface area contributed by atoms with Crippen LogP contribution in [0.15, 0.2) is 0 Å². The summed E-state index contributed by atoms with van der Waals surface area (Å²) in [6, 6.07) is 0. The predicted molar refractivity (Wildman–Crippen MR) is 65.5 cm³/mol. The minimum absolute atomic E-state index is 0.182. The number of ether oxygens (including phenoxy) is 1. The molecule has 1 amide bonds. The molecular weight excluding hydrogens is 218 g/mol. The summed E-state index contributed by atoms with van der Waals surface area (Å²) in [5, 5.41) is 0. The molecule has 1 heterocycles. The summed E-state index contributed by atoms with van der Waals surface area (Å²) < 4.78 is 5.16. The summed E-state index contributed by atoms with van der Waals surface area (Å²) in [5.41, 5.74) is 0. The molecule has 0 aromatic carbocycles. The molecule has 17 heavy (non-hydrogen) atoms. The Morgan fingerprint density at radius 2 is 2.12 bits per heavy atom. The number of carbonyl (C=O) groups excluding carboxylic acids is 2. The maximum Gasteiger partial charge on any atom is 0.409 e. The molecule has 4 heteroatoms. The SMILES string of the molecule is CCCCOC(=O)N1CCC(CC[C]=O)CC1. The lowest BCUT2D eigenvalue weighted by Gasteiger charge is -2.31. The van der Waals surface area contributed by atoms with Crippen molar-refractivity contribution in [2.75, 3.05) is 19.7 Å². The molecule has 0 spiro atoms. The Balaban J connectivity index is 2.17. The number of carbonyl (C=O) groups is 1. The highest BCUT2D eigenvalue weighted by molar-refractivity contribution is 5.67. The molecule has 0 N–H and O–H groups in total. The molecule has 1 fully saturated rings. The van der Waals surface area contributed by atoms with Gasteiger partial charge in [0.05, 0.1) is 6.61 Å². The second-order valence-electron chi connectivity index (χ2n) is 4.58. The van der Waals surface area contributed by atoms with Gasteiger partial charge in [-0.2, -0.15) is 0 Å². The zero-order valence-corrected chi connectivity index (χ0v) is 10.6. The molecule has 1 aliphatic heterocycles. The smallest absolute Gasteiger partial charge is 0.409 e. The van der Waals surface area contributed by atoms with Crippen LogP contribution in [0.5, 0.6) is 0 Å². The zero-order chi connectivity index (χ0) is 12.5. The summed E-state index contributed by atoms with van der Waals surface area (Å²) in [7, 11) is 0. The van der Waals surface area contributed by atoms with Crippen molar-refractivity contribution in [2.24, 2.45) is 5.92 Å². The quantitative estimate of drug-likeness (QED) is 0.670. The van der Waals surface area contributed by atoms with E-state index in [4.69, 9.17) is 4.74 Å². The number of nitrogens with zero attached hydrogens (tertiary/aromatic N) is 1. The van der Waals surface area contributed by atoms with E-state index in [1.165, 1.54) is 0 Å². The van der Waals surface area contributed by atoms with Gasteiger partial charge in [-0.1, -0.05) is 13.3 Å². The summed E-state index contributed by atoms with van der Waals surface area (Å²) in [6.45, 7) is 4.11. The van der Waals surface area contributed by atoms with E-state index < -0.39 is 0 Å². The molecule has 0 bridgehead atoms. The molecule has 4 nitrogen and oxygen atoms in total. The van der Waals surface area contributed by atoms with Crippen molar-refractivity contribution in [3.63, 3.8) is 0 Å². The van der Waals surface area contributed by atoms with Crippen LogP contribution in [-0.4, -0.2) is 37.0 Å². The van der Waals surface area contributed by atoms with Crippen LogP contribution in [0.4, 0.5) is 4.79 Å². The van der Waals surface area contributed by atoms with Gasteiger partial charge in [-0.15, -0.1) is 0 Å². The van der Waals surface area contributed by atoms with Crippen LogP contribution in [-0.2, 0) is 9.53 Å². The largest absolute Gasteiger partial charge is 0.449 e. The molecule has 0 saturated carbocycles. The normalized spacial score (nSPS) is 16.9. The summed E-state index contributed by atoms with van der Waals surface area (Å²) in [4.78, 5) is 23.6. The Hall–Kier alpha value is -1.06. The van der Waals surface area contributed by atoms with E-state index >= 15 is 0 Å². The van der Waals surface area contributed by atoms with Crippen LogP contribution in [0.25, 0.3) is 0 Å². The lowest BCUT2D eigenvalue weighted by molar-refractivity contribution is 0.0860. The first-order chi connectivity index (χ1) is 8.27. The Morgan fingerprint density at radius 3 is 2.71 bits per heavy atom. The van der Waals surface area contributed by atoms with E-state index in [1.54, 1.807) is 4.90 Å². The number of unbranched alkanes of at least 4 members (excludes halogenated alkanes) is 1. The lowest BCUT2D eigenvalue weighted by atomic mass is 9.93. The summed E-state index contributed by atoms with van der Waals surface area (Å²) >= 11 is 0. The Bertz CT molecular complexity index is 235. The van der Waals surface area contributed by atoms with Crippen LogP contribution in [0, 0.1) is 5.92 Å². The maximum atomic E-state index is 11.6. The second-order valence-corrected chi connectivity index (χ2v) is 4.58. The van der Waals surface area contributed by atoms with E-state index in [2.05, 4.69) is 6.92 Å². The van der Waals surface area contributed by atoms with Gasteiger partial charge in [0.15, 0.2) is 6.29 Å². The van der Waals surface area contributed by atoms with Gasteiger partial charge in [0.1, 0.15) is 0 Å². The molecule has 1 radical (unpaired) electrons. The van der Waals surface area contributed by atoms with Gasteiger partial charge in [0, 0.05) is 19.5 Å². The number of likely N-dealkylation sites (tertiary alicyclic amines) is 1. The molecule has 0 aromatic heterocycles. The van der Waals surface area contributed by atoms with Gasteiger partial charge in [0.2, 0.25) is 0 Å². The molecule has 0 unspecified atom stereocenters. The van der Waals surface area contributed by atoms with E-state index in [9.17, 15) is 9.59 Å². The number of hydrogen-bond donors (Lipinski definition) is 0. The zero-order valence-electron chi connectivity index (χ0n) is 10.6. The first-order valence-corrected chi connectivity index (χ1v) is 6.54. The Labute approximate surface area is 103 Å². The fourth-order valence-corrected chi connectivity index (χ4v) is 2.06. The average molecular weight is 240 g/mol. The van der Waals surface area contributed by atoms with Crippen LogP contribution in [0.3, 0.4) is 0 Å². The number of piperidine rings is 1. The average Bonchev–Trinajstić information content (AvgIpc) is 2.37. The third kappa shape index (κ3) is 5.20. The first kappa shape index (κ1) is 14.0. The second kappa shape index (κ2) is 8.09. The molecule has 1 saturated heterocycles. The van der Waals surface area contributed by atoms with Crippen LogP contribution in [0.2, 0.25) is 0 Å².